The molecule has 0 amide bonds. The van der Waals surface area contributed by atoms with Crippen molar-refractivity contribution in [1.29, 1.82) is 0 Å². The SMILES string of the molecule is CC(C)c1ccc[n+]([O])c1. The molecule has 0 saturated carbocycles. The average molecular weight is 137 g/mol. The minimum Gasteiger partial charge on any atom is -0.0585 e. The Morgan fingerprint density at radius 3 is 2.60 bits per heavy atom. The van der Waals surface area contributed by atoms with Gasteiger partial charge in [-0.25, -0.2) is 0 Å². The lowest BCUT2D eigenvalue weighted by Crippen LogP contribution is -2.26. The van der Waals surface area contributed by atoms with Gasteiger partial charge in [-0.3, -0.25) is 0 Å². The van der Waals surface area contributed by atoms with Crippen molar-refractivity contribution in [2.75, 3.05) is 0 Å². The van der Waals surface area contributed by atoms with Crippen LogP contribution < -0.4 is 4.73 Å². The Labute approximate surface area is 60.7 Å². The van der Waals surface area contributed by atoms with Gasteiger partial charge in [-0.2, -0.15) is 0 Å². The van der Waals surface area contributed by atoms with E-state index in [2.05, 4.69) is 13.8 Å². The Hall–Kier alpha value is -1.05. The summed E-state index contributed by atoms with van der Waals surface area (Å²) in [7, 11) is 0. The second-order valence-electron chi connectivity index (χ2n) is 2.65. The molecule has 10 heavy (non-hydrogen) atoms. The van der Waals surface area contributed by atoms with E-state index in [1.54, 1.807) is 12.3 Å². The number of rotatable bonds is 1. The molecule has 0 bridgehead atoms. The fourth-order valence-electron chi connectivity index (χ4n) is 0.813. The fraction of sp³-hybridized carbons (Fsp3) is 0.375. The summed E-state index contributed by atoms with van der Waals surface area (Å²) in [6.07, 6.45) is 3.09. The second kappa shape index (κ2) is 2.69. The lowest BCUT2D eigenvalue weighted by molar-refractivity contribution is -0.939. The molecular formula is C8H11NO+. The maximum absolute atomic E-state index is 10.7. The van der Waals surface area contributed by atoms with Gasteiger partial charge < -0.3 is 0 Å². The second-order valence-corrected chi connectivity index (χ2v) is 2.65. The van der Waals surface area contributed by atoms with Crippen LogP contribution in [0.5, 0.6) is 0 Å². The van der Waals surface area contributed by atoms with Crippen molar-refractivity contribution in [3.63, 3.8) is 0 Å². The highest BCUT2D eigenvalue weighted by molar-refractivity contribution is 5.09. The maximum atomic E-state index is 10.7. The lowest BCUT2D eigenvalue weighted by Gasteiger charge is -1.97. The van der Waals surface area contributed by atoms with Crippen LogP contribution in [0.1, 0.15) is 25.3 Å². The van der Waals surface area contributed by atoms with Crippen LogP contribution in [0, 0.1) is 0 Å². The molecule has 0 aliphatic rings. The molecule has 0 aliphatic heterocycles. The number of pyridine rings is 1. The zero-order valence-corrected chi connectivity index (χ0v) is 6.24. The first kappa shape index (κ1) is 7.06. The highest BCUT2D eigenvalue weighted by Crippen LogP contribution is 2.09. The average Bonchev–Trinajstić information content (AvgIpc) is 1.88. The number of hydrogen-bond donors (Lipinski definition) is 0. The largest absolute Gasteiger partial charge is 0.231 e. The van der Waals surface area contributed by atoms with Gasteiger partial charge in [0.2, 0.25) is 12.4 Å². The summed E-state index contributed by atoms with van der Waals surface area (Å²) >= 11 is 0. The van der Waals surface area contributed by atoms with E-state index in [0.717, 1.165) is 10.3 Å². The summed E-state index contributed by atoms with van der Waals surface area (Å²) in [4.78, 5) is 0. The van der Waals surface area contributed by atoms with Crippen LogP contribution in [0.4, 0.5) is 0 Å². The van der Waals surface area contributed by atoms with E-state index >= 15 is 0 Å². The first-order chi connectivity index (χ1) is 4.70. The molecule has 0 saturated heterocycles. The summed E-state index contributed by atoms with van der Waals surface area (Å²) in [5.74, 6) is 0.432. The molecule has 0 unspecified atom stereocenters. The van der Waals surface area contributed by atoms with E-state index in [0.29, 0.717) is 5.92 Å². The van der Waals surface area contributed by atoms with Crippen molar-refractivity contribution >= 4 is 0 Å². The predicted molar refractivity (Wildman–Crippen MR) is 36.8 cm³/mol. The van der Waals surface area contributed by atoms with Crippen LogP contribution in [-0.4, -0.2) is 0 Å². The molecule has 0 spiro atoms. The van der Waals surface area contributed by atoms with Crippen LogP contribution >= 0.6 is 0 Å². The van der Waals surface area contributed by atoms with Crippen LogP contribution in [-0.2, 0) is 5.21 Å². The van der Waals surface area contributed by atoms with Gasteiger partial charge in [-0.05, 0) is 12.0 Å². The smallest absolute Gasteiger partial charge is 0.0585 e. The summed E-state index contributed by atoms with van der Waals surface area (Å²) < 4.78 is 0.829. The zero-order chi connectivity index (χ0) is 7.56. The minimum atomic E-state index is 0.432. The van der Waals surface area contributed by atoms with Crippen molar-refractivity contribution in [2.24, 2.45) is 0 Å². The van der Waals surface area contributed by atoms with E-state index in [4.69, 9.17) is 0 Å². The Bertz CT molecular complexity index is 220. The van der Waals surface area contributed by atoms with Gasteiger partial charge in [0.05, 0.1) is 4.73 Å². The third kappa shape index (κ3) is 1.47. The topological polar surface area (TPSA) is 23.8 Å². The molecule has 1 heterocycles. The molecule has 0 atom stereocenters. The summed E-state index contributed by atoms with van der Waals surface area (Å²) in [5.41, 5.74) is 1.08. The van der Waals surface area contributed by atoms with Crippen LogP contribution in [0.2, 0.25) is 0 Å². The lowest BCUT2D eigenvalue weighted by atomic mass is 10.1. The van der Waals surface area contributed by atoms with Crippen molar-refractivity contribution in [3.05, 3.63) is 30.1 Å². The van der Waals surface area contributed by atoms with Gasteiger partial charge in [-0.1, -0.05) is 13.8 Å². The fourth-order valence-corrected chi connectivity index (χ4v) is 0.813. The quantitative estimate of drug-likeness (QED) is 0.521. The van der Waals surface area contributed by atoms with Gasteiger partial charge in [0.25, 0.3) is 0 Å². The van der Waals surface area contributed by atoms with Gasteiger partial charge >= 0.3 is 0 Å². The number of hydrogen-bond acceptors (Lipinski definition) is 0. The molecule has 0 aromatic carbocycles. The molecule has 1 rings (SSSR count). The van der Waals surface area contributed by atoms with Crippen molar-refractivity contribution in [3.8, 4) is 0 Å². The Morgan fingerprint density at radius 1 is 1.50 bits per heavy atom. The minimum absolute atomic E-state index is 0.432. The van der Waals surface area contributed by atoms with Crippen LogP contribution in [0.15, 0.2) is 24.5 Å². The molecule has 0 N–H and O–H groups in total. The molecule has 0 aliphatic carbocycles. The number of nitrogens with zero attached hydrogens (tertiary/aromatic N) is 1. The van der Waals surface area contributed by atoms with Crippen molar-refractivity contribution in [2.45, 2.75) is 19.8 Å². The van der Waals surface area contributed by atoms with Crippen LogP contribution in [0.25, 0.3) is 0 Å². The Morgan fingerprint density at radius 2 is 2.20 bits per heavy atom. The zero-order valence-electron chi connectivity index (χ0n) is 6.24. The third-order valence-electron chi connectivity index (χ3n) is 1.46. The van der Waals surface area contributed by atoms with E-state index in [1.165, 1.54) is 6.20 Å². The number of aromatic nitrogens is 1. The molecular weight excluding hydrogens is 126 g/mol. The van der Waals surface area contributed by atoms with Gasteiger partial charge in [-0.15, -0.1) is 0 Å². The Balaban J connectivity index is 2.96. The highest BCUT2D eigenvalue weighted by Gasteiger charge is 2.04. The van der Waals surface area contributed by atoms with E-state index in [-0.39, 0.29) is 0 Å². The van der Waals surface area contributed by atoms with Gasteiger partial charge in [0.1, 0.15) is 0 Å². The standard InChI is InChI=1S/C8H11NO/c1-7(2)8-4-3-5-9(10)6-8/h3-7H,1-2H3/q+1. The molecule has 1 radical (unpaired) electrons. The molecule has 1 aromatic rings. The molecule has 2 heteroatoms. The summed E-state index contributed by atoms with van der Waals surface area (Å²) in [6.45, 7) is 4.13. The molecule has 53 valence electrons. The van der Waals surface area contributed by atoms with Crippen LogP contribution in [0.3, 0.4) is 0 Å². The first-order valence-electron chi connectivity index (χ1n) is 3.39. The van der Waals surface area contributed by atoms with Gasteiger partial charge in [0, 0.05) is 16.8 Å². The molecule has 0 fully saturated rings. The Kier molecular flexibility index (Phi) is 1.90. The van der Waals surface area contributed by atoms with E-state index in [9.17, 15) is 5.21 Å². The first-order valence-corrected chi connectivity index (χ1v) is 3.39. The summed E-state index contributed by atoms with van der Waals surface area (Å²) in [6, 6.07) is 3.72. The van der Waals surface area contributed by atoms with Gasteiger partial charge in [0.15, 0.2) is 0 Å². The normalized spacial score (nSPS) is 10.3. The van der Waals surface area contributed by atoms with E-state index < -0.39 is 0 Å². The highest BCUT2D eigenvalue weighted by atomic mass is 16.5. The molecule has 2 nitrogen and oxygen atoms in total. The predicted octanol–water partition coefficient (Wildman–Crippen LogP) is 1.29. The van der Waals surface area contributed by atoms with E-state index in [1.807, 2.05) is 6.07 Å². The maximum Gasteiger partial charge on any atom is 0.231 e. The summed E-state index contributed by atoms with van der Waals surface area (Å²) in [5, 5.41) is 10.7. The monoisotopic (exact) mass is 137 g/mol. The third-order valence-corrected chi connectivity index (χ3v) is 1.46. The molecule has 1 aromatic heterocycles. The van der Waals surface area contributed by atoms with Crippen molar-refractivity contribution < 1.29 is 9.94 Å². The van der Waals surface area contributed by atoms with Crippen molar-refractivity contribution in [1.82, 2.24) is 0 Å².